The lowest BCUT2D eigenvalue weighted by atomic mass is 10.2. The normalized spacial score (nSPS) is 11.8. The van der Waals surface area contributed by atoms with Gasteiger partial charge in [-0.1, -0.05) is 6.07 Å². The van der Waals surface area contributed by atoms with Crippen LogP contribution in [0, 0.1) is 0 Å². The molecule has 0 bridgehead atoms. The lowest BCUT2D eigenvalue weighted by Crippen LogP contribution is -2.09. The largest absolute Gasteiger partial charge is 0.497 e. The van der Waals surface area contributed by atoms with Crippen LogP contribution in [-0.2, 0) is 6.42 Å². The first-order valence-electron chi connectivity index (χ1n) is 7.45. The van der Waals surface area contributed by atoms with Gasteiger partial charge in [0.05, 0.1) is 23.8 Å². The number of aromatic nitrogens is 2. The Morgan fingerprint density at radius 3 is 2.64 bits per heavy atom. The number of hydrogen-bond acceptors (Lipinski definition) is 5. The monoisotopic (exact) mass is 383 g/mol. The van der Waals surface area contributed by atoms with Crippen LogP contribution in [0.5, 0.6) is 17.2 Å². The molecule has 0 saturated heterocycles. The average molecular weight is 384 g/mol. The van der Waals surface area contributed by atoms with Crippen molar-refractivity contribution in [2.75, 3.05) is 20.4 Å². The first-order valence-corrected chi connectivity index (χ1v) is 7.45. The highest BCUT2D eigenvalue weighted by Crippen LogP contribution is 2.37. The van der Waals surface area contributed by atoms with Crippen molar-refractivity contribution in [2.24, 2.45) is 5.73 Å². The van der Waals surface area contributed by atoms with Gasteiger partial charge < -0.3 is 19.9 Å². The molecule has 2 aromatic carbocycles. The van der Waals surface area contributed by atoms with E-state index in [4.69, 9.17) is 24.9 Å². The van der Waals surface area contributed by atoms with E-state index in [1.165, 1.54) is 0 Å². The highest BCUT2D eigenvalue weighted by Gasteiger charge is 2.19. The molecule has 4 rings (SSSR count). The van der Waals surface area contributed by atoms with Crippen LogP contribution < -0.4 is 19.9 Å². The van der Waals surface area contributed by atoms with Crippen molar-refractivity contribution in [3.8, 4) is 22.9 Å². The zero-order valence-electron chi connectivity index (χ0n) is 13.6. The van der Waals surface area contributed by atoms with Gasteiger partial charge in [-0.25, -0.2) is 4.98 Å². The third-order valence-electron chi connectivity index (χ3n) is 3.90. The Hall–Kier alpha value is -2.15. The minimum absolute atomic E-state index is 0. The fourth-order valence-corrected chi connectivity index (χ4v) is 2.85. The summed E-state index contributed by atoms with van der Waals surface area (Å²) in [4.78, 5) is 4.72. The summed E-state index contributed by atoms with van der Waals surface area (Å²) in [5.74, 6) is 3.16. The third-order valence-corrected chi connectivity index (χ3v) is 3.90. The molecule has 2 heterocycles. The maximum atomic E-state index is 5.76. The Morgan fingerprint density at radius 1 is 1.16 bits per heavy atom. The summed E-state index contributed by atoms with van der Waals surface area (Å²) in [6.07, 6.45) is 0.679. The molecule has 0 saturated carbocycles. The molecular formula is C17H19Cl2N3O3. The Balaban J connectivity index is 0.00000113. The standard InChI is InChI=1S/C17H17N3O3.2ClH/c1-21-12-4-2-3-11(7-12)20-14-9-16-15(22-10-23-16)8-13(14)19-17(20)5-6-18;;/h2-4,7-9H,5-6,10,18H2,1H3;2*1H. The SMILES string of the molecule is COc1cccc(-n2c(CCN)nc3cc4c(cc32)OCO4)c1.Cl.Cl. The number of hydrogen-bond donors (Lipinski definition) is 1. The number of halogens is 2. The molecule has 134 valence electrons. The maximum Gasteiger partial charge on any atom is 0.231 e. The first-order chi connectivity index (χ1) is 11.3. The highest BCUT2D eigenvalue weighted by atomic mass is 35.5. The van der Waals surface area contributed by atoms with E-state index in [9.17, 15) is 0 Å². The minimum Gasteiger partial charge on any atom is -0.497 e. The molecule has 0 unspecified atom stereocenters. The number of ether oxygens (including phenoxy) is 3. The van der Waals surface area contributed by atoms with Crippen molar-refractivity contribution < 1.29 is 14.2 Å². The molecule has 0 aliphatic carbocycles. The first kappa shape index (κ1) is 19.2. The van der Waals surface area contributed by atoms with Gasteiger partial charge in [-0.15, -0.1) is 24.8 Å². The van der Waals surface area contributed by atoms with Crippen molar-refractivity contribution in [1.82, 2.24) is 9.55 Å². The second-order valence-electron chi connectivity index (χ2n) is 5.30. The van der Waals surface area contributed by atoms with E-state index < -0.39 is 0 Å². The summed E-state index contributed by atoms with van der Waals surface area (Å²) in [5.41, 5.74) is 8.56. The minimum atomic E-state index is 0. The van der Waals surface area contributed by atoms with Crippen molar-refractivity contribution >= 4 is 35.8 Å². The molecule has 0 spiro atoms. The van der Waals surface area contributed by atoms with E-state index in [1.54, 1.807) is 7.11 Å². The zero-order valence-corrected chi connectivity index (χ0v) is 15.2. The second-order valence-corrected chi connectivity index (χ2v) is 5.30. The Morgan fingerprint density at radius 2 is 1.92 bits per heavy atom. The van der Waals surface area contributed by atoms with Gasteiger partial charge in [0.2, 0.25) is 6.79 Å². The van der Waals surface area contributed by atoms with Crippen LogP contribution in [0.1, 0.15) is 5.82 Å². The Bertz CT molecular complexity index is 883. The molecule has 8 heteroatoms. The van der Waals surface area contributed by atoms with E-state index in [2.05, 4.69) is 4.57 Å². The molecule has 3 aromatic rings. The smallest absolute Gasteiger partial charge is 0.231 e. The van der Waals surface area contributed by atoms with Gasteiger partial charge in [-0.05, 0) is 18.7 Å². The van der Waals surface area contributed by atoms with E-state index in [-0.39, 0.29) is 31.6 Å². The summed E-state index contributed by atoms with van der Waals surface area (Å²) < 4.78 is 18.4. The molecule has 25 heavy (non-hydrogen) atoms. The predicted molar refractivity (Wildman–Crippen MR) is 101 cm³/mol. The second kappa shape index (κ2) is 7.82. The number of nitrogens with zero attached hydrogens (tertiary/aromatic N) is 2. The fourth-order valence-electron chi connectivity index (χ4n) is 2.85. The molecule has 1 aliphatic heterocycles. The highest BCUT2D eigenvalue weighted by molar-refractivity contribution is 5.85. The average Bonchev–Trinajstić information content (AvgIpc) is 3.16. The van der Waals surface area contributed by atoms with E-state index in [0.29, 0.717) is 13.0 Å². The number of imidazole rings is 1. The van der Waals surface area contributed by atoms with Crippen LogP contribution >= 0.6 is 24.8 Å². The van der Waals surface area contributed by atoms with E-state index >= 15 is 0 Å². The third kappa shape index (κ3) is 3.33. The van der Waals surface area contributed by atoms with Crippen LogP contribution in [0.3, 0.4) is 0 Å². The number of benzene rings is 2. The molecule has 6 nitrogen and oxygen atoms in total. The summed E-state index contributed by atoms with van der Waals surface area (Å²) in [6.45, 7) is 0.775. The van der Waals surface area contributed by atoms with E-state index in [1.807, 2.05) is 36.4 Å². The molecule has 0 radical (unpaired) electrons. The molecule has 0 fully saturated rings. The van der Waals surface area contributed by atoms with Crippen molar-refractivity contribution in [3.05, 3.63) is 42.2 Å². The molecular weight excluding hydrogens is 365 g/mol. The topological polar surface area (TPSA) is 71.5 Å². The van der Waals surface area contributed by atoms with Crippen LogP contribution in [0.25, 0.3) is 16.7 Å². The number of nitrogens with two attached hydrogens (primary N) is 1. The molecule has 2 N–H and O–H groups in total. The summed E-state index contributed by atoms with van der Waals surface area (Å²) in [5, 5.41) is 0. The van der Waals surface area contributed by atoms with Gasteiger partial charge >= 0.3 is 0 Å². The predicted octanol–water partition coefficient (Wildman–Crippen LogP) is 3.11. The molecule has 1 aromatic heterocycles. The summed E-state index contributed by atoms with van der Waals surface area (Å²) in [6, 6.07) is 11.7. The van der Waals surface area contributed by atoms with Crippen molar-refractivity contribution in [3.63, 3.8) is 0 Å². The Kier molecular flexibility index (Phi) is 6.00. The zero-order chi connectivity index (χ0) is 15.8. The fraction of sp³-hybridized carbons (Fsp3) is 0.235. The summed E-state index contributed by atoms with van der Waals surface area (Å²) >= 11 is 0. The van der Waals surface area contributed by atoms with Crippen molar-refractivity contribution in [1.29, 1.82) is 0 Å². The number of methoxy groups -OCH3 is 1. The molecule has 0 atom stereocenters. The van der Waals surface area contributed by atoms with Gasteiger partial charge in [-0.2, -0.15) is 0 Å². The number of fused-ring (bicyclic) bond motifs is 2. The maximum absolute atomic E-state index is 5.76. The van der Waals surface area contributed by atoms with Gasteiger partial charge in [0.1, 0.15) is 11.6 Å². The summed E-state index contributed by atoms with van der Waals surface area (Å²) in [7, 11) is 1.66. The lowest BCUT2D eigenvalue weighted by molar-refractivity contribution is 0.174. The van der Waals surface area contributed by atoms with Crippen molar-refractivity contribution in [2.45, 2.75) is 6.42 Å². The van der Waals surface area contributed by atoms with Crippen LogP contribution in [0.15, 0.2) is 36.4 Å². The van der Waals surface area contributed by atoms with Crippen LogP contribution in [-0.4, -0.2) is 30.0 Å². The molecule has 0 amide bonds. The van der Waals surface area contributed by atoms with Gasteiger partial charge in [0, 0.05) is 24.6 Å². The van der Waals surface area contributed by atoms with Gasteiger partial charge in [0.25, 0.3) is 0 Å². The molecule has 1 aliphatic rings. The number of rotatable bonds is 4. The van der Waals surface area contributed by atoms with E-state index in [0.717, 1.165) is 39.8 Å². The lowest BCUT2D eigenvalue weighted by Gasteiger charge is -2.10. The van der Waals surface area contributed by atoms with Gasteiger partial charge in [0.15, 0.2) is 11.5 Å². The Labute approximate surface area is 157 Å². The van der Waals surface area contributed by atoms with Gasteiger partial charge in [-0.3, -0.25) is 4.57 Å². The van der Waals surface area contributed by atoms with Crippen LogP contribution in [0.2, 0.25) is 0 Å². The quantitative estimate of drug-likeness (QED) is 0.749. The van der Waals surface area contributed by atoms with Crippen LogP contribution in [0.4, 0.5) is 0 Å².